The molecule has 3 aromatic heterocycles. The minimum Gasteiger partial charge on any atom is -0.308 e. The van der Waals surface area contributed by atoms with E-state index in [0.717, 1.165) is 84.4 Å². The first-order valence-corrected chi connectivity index (χ1v) is 16.6. The average molecular weight is 626 g/mol. The highest BCUT2D eigenvalue weighted by Crippen LogP contribution is 2.43. The molecule has 9 aromatic rings. The highest BCUT2D eigenvalue weighted by Gasteiger charge is 2.29. The first kappa shape index (κ1) is 27.3. The summed E-state index contributed by atoms with van der Waals surface area (Å²) in [6.07, 6.45) is 6.20. The average Bonchev–Trinajstić information content (AvgIpc) is 3.80. The van der Waals surface area contributed by atoms with E-state index in [1.165, 1.54) is 5.56 Å². The summed E-state index contributed by atoms with van der Waals surface area (Å²) in [5, 5.41) is 28.2. The quantitative estimate of drug-likeness (QED) is 0.196. The lowest BCUT2D eigenvalue weighted by molar-refractivity contribution is 0.961. The van der Waals surface area contributed by atoms with Crippen LogP contribution in [0.4, 0.5) is 0 Å². The van der Waals surface area contributed by atoms with E-state index in [4.69, 9.17) is 0 Å². The van der Waals surface area contributed by atoms with Crippen LogP contribution >= 0.6 is 0 Å². The van der Waals surface area contributed by atoms with Gasteiger partial charge in [-0.2, -0.15) is 10.5 Å². The predicted molar refractivity (Wildman–Crippen MR) is 199 cm³/mol. The third-order valence-corrected chi connectivity index (χ3v) is 10.2. The number of allylic oxidation sites excluding steroid dienone is 1. The number of nitriles is 2. The SMILES string of the molecule is N#Cc1c(-n2c3ccccc3c3ccccc32)cc(-n2c3ccccc3c3ccccc32)c(C#N)c1-n1c2c(c3ccccc31)CCC=C2. The predicted octanol–water partition coefficient (Wildman–Crippen LogP) is 10.5. The first-order chi connectivity index (χ1) is 24.3. The van der Waals surface area contributed by atoms with E-state index in [9.17, 15) is 10.5 Å². The zero-order valence-electron chi connectivity index (χ0n) is 26.4. The molecular weight excluding hydrogens is 599 g/mol. The molecule has 0 unspecified atom stereocenters. The van der Waals surface area contributed by atoms with Crippen molar-refractivity contribution in [3.8, 4) is 29.2 Å². The summed E-state index contributed by atoms with van der Waals surface area (Å²) < 4.78 is 6.59. The molecule has 1 aliphatic rings. The molecule has 1 aliphatic carbocycles. The van der Waals surface area contributed by atoms with E-state index in [-0.39, 0.29) is 0 Å². The summed E-state index contributed by atoms with van der Waals surface area (Å²) in [5.74, 6) is 0. The normalized spacial score (nSPS) is 12.6. The van der Waals surface area contributed by atoms with Crippen molar-refractivity contribution in [1.82, 2.24) is 13.7 Å². The van der Waals surface area contributed by atoms with Crippen LogP contribution in [0.3, 0.4) is 0 Å². The molecule has 0 fully saturated rings. The van der Waals surface area contributed by atoms with Gasteiger partial charge in [0.2, 0.25) is 0 Å². The Kier molecular flexibility index (Phi) is 5.76. The molecule has 3 heterocycles. The number of aromatic nitrogens is 3. The van der Waals surface area contributed by atoms with E-state index in [2.05, 4.69) is 135 Å². The molecule has 0 aliphatic heterocycles. The van der Waals surface area contributed by atoms with Crippen molar-refractivity contribution in [2.24, 2.45) is 0 Å². The van der Waals surface area contributed by atoms with Crippen molar-refractivity contribution in [3.63, 3.8) is 0 Å². The van der Waals surface area contributed by atoms with Gasteiger partial charge in [-0.1, -0.05) is 97.1 Å². The maximum absolute atomic E-state index is 11.3. The number of hydrogen-bond acceptors (Lipinski definition) is 2. The molecule has 5 heteroatoms. The molecule has 0 radical (unpaired) electrons. The van der Waals surface area contributed by atoms with Gasteiger partial charge in [0.15, 0.2) is 0 Å². The van der Waals surface area contributed by atoms with Crippen molar-refractivity contribution >= 4 is 60.6 Å². The van der Waals surface area contributed by atoms with Gasteiger partial charge in [0, 0.05) is 32.6 Å². The second-order valence-corrected chi connectivity index (χ2v) is 12.6. The van der Waals surface area contributed by atoms with Crippen LogP contribution in [-0.2, 0) is 6.42 Å². The maximum Gasteiger partial charge on any atom is 0.104 e. The second-order valence-electron chi connectivity index (χ2n) is 12.6. The lowest BCUT2D eigenvalue weighted by Gasteiger charge is -2.22. The number of aryl methyl sites for hydroxylation is 1. The molecular formula is C44H27N5. The summed E-state index contributed by atoms with van der Waals surface area (Å²) in [7, 11) is 0. The van der Waals surface area contributed by atoms with Gasteiger partial charge in [-0.15, -0.1) is 0 Å². The molecule has 0 spiro atoms. The van der Waals surface area contributed by atoms with Gasteiger partial charge in [0.05, 0.1) is 44.6 Å². The third kappa shape index (κ3) is 3.67. The van der Waals surface area contributed by atoms with Crippen LogP contribution in [0.25, 0.3) is 77.7 Å². The summed E-state index contributed by atoms with van der Waals surface area (Å²) in [6, 6.07) is 49.1. The molecule has 0 N–H and O–H groups in total. The number of fused-ring (bicyclic) bond motifs is 9. The Balaban J connectivity index is 1.47. The Hall–Kier alpha value is -6.82. The zero-order valence-corrected chi connectivity index (χ0v) is 26.4. The smallest absolute Gasteiger partial charge is 0.104 e. The summed E-state index contributed by atoms with van der Waals surface area (Å²) in [4.78, 5) is 0. The van der Waals surface area contributed by atoms with Gasteiger partial charge in [-0.3, -0.25) is 0 Å². The van der Waals surface area contributed by atoms with Gasteiger partial charge < -0.3 is 13.7 Å². The van der Waals surface area contributed by atoms with Crippen molar-refractivity contribution < 1.29 is 0 Å². The van der Waals surface area contributed by atoms with Crippen LogP contribution in [0.5, 0.6) is 0 Å². The van der Waals surface area contributed by atoms with E-state index in [1.807, 2.05) is 30.3 Å². The van der Waals surface area contributed by atoms with Gasteiger partial charge in [0.25, 0.3) is 0 Å². The molecule has 0 atom stereocenters. The summed E-state index contributed by atoms with van der Waals surface area (Å²) >= 11 is 0. The first-order valence-electron chi connectivity index (χ1n) is 16.6. The minimum atomic E-state index is 0.454. The van der Waals surface area contributed by atoms with E-state index in [0.29, 0.717) is 16.8 Å². The van der Waals surface area contributed by atoms with Crippen molar-refractivity contribution in [1.29, 1.82) is 10.5 Å². The molecule has 6 aromatic carbocycles. The lowest BCUT2D eigenvalue weighted by Crippen LogP contribution is -2.12. The maximum atomic E-state index is 11.3. The topological polar surface area (TPSA) is 62.4 Å². The van der Waals surface area contributed by atoms with Gasteiger partial charge in [-0.05, 0) is 60.9 Å². The van der Waals surface area contributed by atoms with Crippen LogP contribution in [-0.4, -0.2) is 13.7 Å². The van der Waals surface area contributed by atoms with Gasteiger partial charge in [0.1, 0.15) is 23.3 Å². The largest absolute Gasteiger partial charge is 0.308 e. The number of benzene rings is 6. The summed E-state index contributed by atoms with van der Waals surface area (Å²) in [6.45, 7) is 0. The van der Waals surface area contributed by atoms with E-state index >= 15 is 0 Å². The Bertz CT molecular complexity index is 2710. The Morgan fingerprint density at radius 1 is 0.469 bits per heavy atom. The third-order valence-electron chi connectivity index (χ3n) is 10.2. The second kappa shape index (κ2) is 10.3. The van der Waals surface area contributed by atoms with E-state index in [1.54, 1.807) is 0 Å². The molecule has 0 saturated heterocycles. The van der Waals surface area contributed by atoms with Crippen LogP contribution in [0, 0.1) is 22.7 Å². The lowest BCUT2D eigenvalue weighted by atomic mass is 10.00. The fourth-order valence-electron chi connectivity index (χ4n) is 8.23. The molecule has 49 heavy (non-hydrogen) atoms. The number of rotatable bonds is 3. The molecule has 0 saturated carbocycles. The Morgan fingerprint density at radius 3 is 1.29 bits per heavy atom. The number of hydrogen-bond donors (Lipinski definition) is 0. The molecule has 5 nitrogen and oxygen atoms in total. The Labute approximate surface area is 282 Å². The van der Waals surface area contributed by atoms with Crippen LogP contribution < -0.4 is 0 Å². The monoisotopic (exact) mass is 625 g/mol. The highest BCUT2D eigenvalue weighted by molar-refractivity contribution is 6.11. The van der Waals surface area contributed by atoms with Gasteiger partial charge in [-0.25, -0.2) is 0 Å². The number of para-hydroxylation sites is 5. The van der Waals surface area contributed by atoms with Crippen LogP contribution in [0.15, 0.2) is 133 Å². The van der Waals surface area contributed by atoms with Crippen molar-refractivity contribution in [2.75, 3.05) is 0 Å². The molecule has 10 rings (SSSR count). The molecule has 0 amide bonds. The Morgan fingerprint density at radius 2 is 0.857 bits per heavy atom. The highest BCUT2D eigenvalue weighted by atomic mass is 15.1. The number of nitrogens with zero attached hydrogens (tertiary/aromatic N) is 5. The van der Waals surface area contributed by atoms with Crippen molar-refractivity contribution in [3.05, 3.63) is 156 Å². The minimum absolute atomic E-state index is 0.454. The van der Waals surface area contributed by atoms with E-state index < -0.39 is 0 Å². The molecule has 0 bridgehead atoms. The fourth-order valence-corrected chi connectivity index (χ4v) is 8.23. The zero-order chi connectivity index (χ0) is 32.6. The van der Waals surface area contributed by atoms with Crippen molar-refractivity contribution in [2.45, 2.75) is 12.8 Å². The summed E-state index contributed by atoms with van der Waals surface area (Å²) in [5.41, 5.74) is 10.2. The standard InChI is InChI=1S/C44H27N5/c45-26-34-42(47-36-19-7-1-13-28(36)29-14-2-8-20-37(29)47)25-43(48-38-21-9-3-15-30(38)31-16-4-10-22-39(31)48)35(27-46)44(34)49-40-23-11-5-17-32(40)33-18-6-12-24-41(33)49/h1-5,7-17,19-25H,6,18H2. The molecule has 228 valence electrons. The van der Waals surface area contributed by atoms with Gasteiger partial charge >= 0.3 is 0 Å². The van der Waals surface area contributed by atoms with Crippen LogP contribution in [0.2, 0.25) is 0 Å². The van der Waals surface area contributed by atoms with Crippen LogP contribution in [0.1, 0.15) is 28.8 Å². The fraction of sp³-hybridized carbons (Fsp3) is 0.0455.